The van der Waals surface area contributed by atoms with E-state index in [0.717, 1.165) is 42.7 Å². The predicted octanol–water partition coefficient (Wildman–Crippen LogP) is 5.36. The highest BCUT2D eigenvalue weighted by Gasteiger charge is 2.28. The minimum atomic E-state index is -3.54. The third-order valence-corrected chi connectivity index (χ3v) is 7.44. The molecule has 0 saturated heterocycles. The van der Waals surface area contributed by atoms with Gasteiger partial charge in [0.1, 0.15) is 5.75 Å². The standard InChI is InChI=1S/C26H28N2O3S/c1-2-3-18-31-25-12-8-21(9-13-25)19-27-24-10-14-26(15-11-24)32(29,30)28-17-16-22-6-4-5-7-23(22)20-28/h4-15,19H,2-3,16-18,20H2,1H3. The van der Waals surface area contributed by atoms with Crippen molar-refractivity contribution < 1.29 is 13.2 Å². The van der Waals surface area contributed by atoms with Gasteiger partial charge in [-0.2, -0.15) is 4.31 Å². The zero-order valence-electron chi connectivity index (χ0n) is 18.3. The molecule has 0 radical (unpaired) electrons. The quantitative estimate of drug-likeness (QED) is 0.344. The molecule has 0 saturated carbocycles. The Labute approximate surface area is 190 Å². The Morgan fingerprint density at radius 3 is 2.41 bits per heavy atom. The van der Waals surface area contributed by atoms with Gasteiger partial charge < -0.3 is 4.74 Å². The van der Waals surface area contributed by atoms with Gasteiger partial charge in [0, 0.05) is 19.3 Å². The topological polar surface area (TPSA) is 59.0 Å². The molecule has 0 amide bonds. The molecule has 5 nitrogen and oxygen atoms in total. The van der Waals surface area contributed by atoms with Crippen molar-refractivity contribution in [3.63, 3.8) is 0 Å². The predicted molar refractivity (Wildman–Crippen MR) is 128 cm³/mol. The molecule has 0 fully saturated rings. The fraction of sp³-hybridized carbons (Fsp3) is 0.269. The average molecular weight is 449 g/mol. The molecule has 166 valence electrons. The van der Waals surface area contributed by atoms with E-state index >= 15 is 0 Å². The third-order valence-electron chi connectivity index (χ3n) is 5.58. The average Bonchev–Trinajstić information content (AvgIpc) is 2.83. The van der Waals surface area contributed by atoms with Crippen molar-refractivity contribution in [2.45, 2.75) is 37.6 Å². The monoisotopic (exact) mass is 448 g/mol. The van der Waals surface area contributed by atoms with Gasteiger partial charge in [-0.15, -0.1) is 0 Å². The Morgan fingerprint density at radius 1 is 0.969 bits per heavy atom. The Hall–Kier alpha value is -2.96. The molecule has 0 bridgehead atoms. The summed E-state index contributed by atoms with van der Waals surface area (Å²) >= 11 is 0. The zero-order valence-corrected chi connectivity index (χ0v) is 19.1. The highest BCUT2D eigenvalue weighted by atomic mass is 32.2. The number of nitrogens with zero attached hydrogens (tertiary/aromatic N) is 2. The number of hydrogen-bond acceptors (Lipinski definition) is 4. The fourth-order valence-corrected chi connectivity index (χ4v) is 5.08. The van der Waals surface area contributed by atoms with Crippen molar-refractivity contribution in [3.8, 4) is 5.75 Å². The van der Waals surface area contributed by atoms with Crippen LogP contribution in [-0.2, 0) is 23.0 Å². The van der Waals surface area contributed by atoms with Crippen LogP contribution in [0.5, 0.6) is 5.75 Å². The van der Waals surface area contributed by atoms with E-state index in [0.29, 0.717) is 23.7 Å². The summed E-state index contributed by atoms with van der Waals surface area (Å²) in [6, 6.07) is 22.5. The second-order valence-electron chi connectivity index (χ2n) is 7.88. The second-order valence-corrected chi connectivity index (χ2v) is 9.82. The summed E-state index contributed by atoms with van der Waals surface area (Å²) in [5, 5.41) is 0. The van der Waals surface area contributed by atoms with Crippen LogP contribution in [0, 0.1) is 0 Å². The smallest absolute Gasteiger partial charge is 0.243 e. The second kappa shape index (κ2) is 10.1. The van der Waals surface area contributed by atoms with Gasteiger partial charge in [0.15, 0.2) is 0 Å². The molecule has 32 heavy (non-hydrogen) atoms. The van der Waals surface area contributed by atoms with Crippen LogP contribution in [0.1, 0.15) is 36.5 Å². The van der Waals surface area contributed by atoms with Gasteiger partial charge in [0.05, 0.1) is 17.2 Å². The van der Waals surface area contributed by atoms with Crippen molar-refractivity contribution >= 4 is 21.9 Å². The number of benzene rings is 3. The molecule has 6 heteroatoms. The summed E-state index contributed by atoms with van der Waals surface area (Å²) in [5.74, 6) is 0.852. The third kappa shape index (κ3) is 5.26. The van der Waals surface area contributed by atoms with E-state index in [1.54, 1.807) is 34.8 Å². The van der Waals surface area contributed by atoms with Crippen LogP contribution >= 0.6 is 0 Å². The van der Waals surface area contributed by atoms with Crippen LogP contribution in [0.3, 0.4) is 0 Å². The molecular weight excluding hydrogens is 420 g/mol. The van der Waals surface area contributed by atoms with Gasteiger partial charge in [0.2, 0.25) is 10.0 Å². The molecule has 1 heterocycles. The van der Waals surface area contributed by atoms with Gasteiger partial charge >= 0.3 is 0 Å². The first-order chi connectivity index (χ1) is 15.6. The molecule has 4 rings (SSSR count). The number of sulfonamides is 1. The first kappa shape index (κ1) is 22.2. The highest BCUT2D eigenvalue weighted by Crippen LogP contribution is 2.26. The Bertz CT molecular complexity index is 1170. The molecule has 1 aliphatic rings. The van der Waals surface area contributed by atoms with Crippen LogP contribution < -0.4 is 4.74 Å². The number of rotatable bonds is 8. The highest BCUT2D eigenvalue weighted by molar-refractivity contribution is 7.89. The molecule has 0 unspecified atom stereocenters. The van der Waals surface area contributed by atoms with Crippen molar-refractivity contribution in [1.29, 1.82) is 0 Å². The SMILES string of the molecule is CCCCOc1ccc(C=Nc2ccc(S(=O)(=O)N3CCc4ccccc4C3)cc2)cc1. The lowest BCUT2D eigenvalue weighted by Gasteiger charge is -2.28. The summed E-state index contributed by atoms with van der Waals surface area (Å²) in [6.45, 7) is 3.77. The molecule has 0 N–H and O–H groups in total. The molecule has 0 atom stereocenters. The van der Waals surface area contributed by atoms with E-state index in [1.807, 2.05) is 42.5 Å². The van der Waals surface area contributed by atoms with Crippen LogP contribution in [0.15, 0.2) is 82.7 Å². The summed E-state index contributed by atoms with van der Waals surface area (Å²) in [4.78, 5) is 4.77. The molecular formula is C26H28N2O3S. The van der Waals surface area contributed by atoms with Gasteiger partial charge in [-0.3, -0.25) is 4.99 Å². The summed E-state index contributed by atoms with van der Waals surface area (Å²) in [6.07, 6.45) is 4.65. The first-order valence-electron chi connectivity index (χ1n) is 11.0. The normalized spacial score (nSPS) is 14.4. The zero-order chi connectivity index (χ0) is 22.4. The molecule has 3 aromatic rings. The maximum Gasteiger partial charge on any atom is 0.243 e. The van der Waals surface area contributed by atoms with Crippen LogP contribution in [0.25, 0.3) is 0 Å². The first-order valence-corrected chi connectivity index (χ1v) is 12.4. The number of ether oxygens (including phenoxy) is 1. The lowest BCUT2D eigenvalue weighted by atomic mass is 10.0. The van der Waals surface area contributed by atoms with E-state index in [4.69, 9.17) is 4.74 Å². The molecule has 1 aliphatic heterocycles. The maximum absolute atomic E-state index is 13.1. The Kier molecular flexibility index (Phi) is 7.02. The summed E-state index contributed by atoms with van der Waals surface area (Å²) in [7, 11) is -3.54. The molecule has 0 spiro atoms. The molecule has 3 aromatic carbocycles. The summed E-state index contributed by atoms with van der Waals surface area (Å²) in [5.41, 5.74) is 3.96. The lowest BCUT2D eigenvalue weighted by molar-refractivity contribution is 0.309. The van der Waals surface area contributed by atoms with Gasteiger partial charge in [-0.25, -0.2) is 8.42 Å². The summed E-state index contributed by atoms with van der Waals surface area (Å²) < 4.78 is 33.4. The van der Waals surface area contributed by atoms with Gasteiger partial charge in [-0.05, 0) is 78.1 Å². The van der Waals surface area contributed by atoms with Crippen molar-refractivity contribution in [2.75, 3.05) is 13.2 Å². The molecule has 0 aromatic heterocycles. The van der Waals surface area contributed by atoms with Crippen LogP contribution in [0.2, 0.25) is 0 Å². The minimum Gasteiger partial charge on any atom is -0.494 e. The maximum atomic E-state index is 13.1. The Balaban J connectivity index is 1.40. The van der Waals surface area contributed by atoms with E-state index in [-0.39, 0.29) is 0 Å². The minimum absolute atomic E-state index is 0.296. The lowest BCUT2D eigenvalue weighted by Crippen LogP contribution is -2.35. The van der Waals surface area contributed by atoms with Crippen molar-refractivity contribution in [2.24, 2.45) is 4.99 Å². The van der Waals surface area contributed by atoms with E-state index in [9.17, 15) is 8.42 Å². The van der Waals surface area contributed by atoms with Crippen molar-refractivity contribution in [1.82, 2.24) is 4.31 Å². The number of hydrogen-bond donors (Lipinski definition) is 0. The molecule has 0 aliphatic carbocycles. The fourth-order valence-electron chi connectivity index (χ4n) is 3.66. The van der Waals surface area contributed by atoms with Crippen LogP contribution in [-0.4, -0.2) is 32.1 Å². The van der Waals surface area contributed by atoms with Gasteiger partial charge in [-0.1, -0.05) is 37.6 Å². The van der Waals surface area contributed by atoms with Crippen molar-refractivity contribution in [3.05, 3.63) is 89.5 Å². The number of aliphatic imine (C=N–C) groups is 1. The van der Waals surface area contributed by atoms with Crippen LogP contribution in [0.4, 0.5) is 5.69 Å². The van der Waals surface area contributed by atoms with Gasteiger partial charge in [0.25, 0.3) is 0 Å². The Morgan fingerprint density at radius 2 is 1.69 bits per heavy atom. The number of fused-ring (bicyclic) bond motifs is 1. The van der Waals surface area contributed by atoms with E-state index in [1.165, 1.54) is 5.56 Å². The van der Waals surface area contributed by atoms with E-state index in [2.05, 4.69) is 18.0 Å². The van der Waals surface area contributed by atoms with E-state index < -0.39 is 10.0 Å². The number of unbranched alkanes of at least 4 members (excludes halogenated alkanes) is 1. The largest absolute Gasteiger partial charge is 0.494 e.